The van der Waals surface area contributed by atoms with Crippen molar-refractivity contribution in [2.75, 3.05) is 5.73 Å². The summed E-state index contributed by atoms with van der Waals surface area (Å²) in [7, 11) is -3.86. The van der Waals surface area contributed by atoms with Gasteiger partial charge in [0, 0.05) is 6.04 Å². The molecule has 3 rings (SSSR count). The Hall–Kier alpha value is -1.86. The minimum atomic E-state index is -3.86. The molecule has 0 atom stereocenters. The Kier molecular flexibility index (Phi) is 3.46. The number of anilines is 1. The van der Waals surface area contributed by atoms with Crippen LogP contribution < -0.4 is 5.73 Å². The molecule has 1 fully saturated rings. The van der Waals surface area contributed by atoms with Crippen LogP contribution in [0.2, 0.25) is 0 Å². The zero-order valence-corrected chi connectivity index (χ0v) is 12.0. The summed E-state index contributed by atoms with van der Waals surface area (Å²) in [6.45, 7) is 0.121. The van der Waals surface area contributed by atoms with Crippen LogP contribution in [-0.4, -0.2) is 18.8 Å². The van der Waals surface area contributed by atoms with E-state index in [0.29, 0.717) is 5.76 Å². The zero-order chi connectivity index (χ0) is 15.0. The van der Waals surface area contributed by atoms with Gasteiger partial charge in [0.15, 0.2) is 0 Å². The summed E-state index contributed by atoms with van der Waals surface area (Å²) in [5.74, 6) is -0.0861. The van der Waals surface area contributed by atoms with E-state index in [2.05, 4.69) is 0 Å². The number of nitrogen functional groups attached to an aromatic ring is 1. The van der Waals surface area contributed by atoms with E-state index in [9.17, 15) is 12.8 Å². The highest BCUT2D eigenvalue weighted by atomic mass is 32.2. The predicted octanol–water partition coefficient (Wildman–Crippen LogP) is 2.35. The lowest BCUT2D eigenvalue weighted by molar-refractivity contribution is 0.356. The third kappa shape index (κ3) is 2.79. The van der Waals surface area contributed by atoms with Crippen LogP contribution in [0.25, 0.3) is 0 Å². The number of halogens is 1. The lowest BCUT2D eigenvalue weighted by Gasteiger charge is -2.21. The van der Waals surface area contributed by atoms with Gasteiger partial charge in [-0.3, -0.25) is 0 Å². The number of rotatable bonds is 5. The van der Waals surface area contributed by atoms with Crippen LogP contribution in [0, 0.1) is 5.82 Å². The van der Waals surface area contributed by atoms with Gasteiger partial charge >= 0.3 is 0 Å². The van der Waals surface area contributed by atoms with Gasteiger partial charge in [-0.2, -0.15) is 4.31 Å². The van der Waals surface area contributed by atoms with Crippen molar-refractivity contribution in [1.29, 1.82) is 0 Å². The molecule has 0 unspecified atom stereocenters. The Balaban J connectivity index is 1.99. The Morgan fingerprint density at radius 3 is 2.71 bits per heavy atom. The van der Waals surface area contributed by atoms with Crippen molar-refractivity contribution in [2.24, 2.45) is 0 Å². The largest absolute Gasteiger partial charge is 0.468 e. The van der Waals surface area contributed by atoms with Crippen LogP contribution in [0.3, 0.4) is 0 Å². The Morgan fingerprint density at radius 1 is 1.33 bits per heavy atom. The van der Waals surface area contributed by atoms with Crippen LogP contribution in [0.4, 0.5) is 10.1 Å². The van der Waals surface area contributed by atoms with Crippen LogP contribution >= 0.6 is 0 Å². The summed E-state index contributed by atoms with van der Waals surface area (Å²) >= 11 is 0. The highest BCUT2D eigenvalue weighted by Gasteiger charge is 2.39. The summed E-state index contributed by atoms with van der Waals surface area (Å²) in [6.07, 6.45) is 3.06. The molecule has 0 spiro atoms. The standard InChI is InChI=1S/C14H15FN2O3S/c15-10-3-6-13(16)14(8-10)21(18,19)17(11-4-5-11)9-12-2-1-7-20-12/h1-3,6-8,11H,4-5,9,16H2. The Bertz CT molecular complexity index is 740. The first-order valence-corrected chi connectivity index (χ1v) is 8.02. The van der Waals surface area contributed by atoms with E-state index in [-0.39, 0.29) is 23.2 Å². The van der Waals surface area contributed by atoms with Crippen LogP contribution in [0.5, 0.6) is 0 Å². The van der Waals surface area contributed by atoms with Crippen molar-refractivity contribution >= 4 is 15.7 Å². The van der Waals surface area contributed by atoms with Gasteiger partial charge in [-0.25, -0.2) is 12.8 Å². The molecule has 112 valence electrons. The SMILES string of the molecule is Nc1ccc(F)cc1S(=O)(=O)N(Cc1ccco1)C1CC1. The molecule has 1 heterocycles. The van der Waals surface area contributed by atoms with E-state index in [1.165, 1.54) is 16.6 Å². The summed E-state index contributed by atoms with van der Waals surface area (Å²) in [6, 6.07) is 6.69. The number of benzene rings is 1. The topological polar surface area (TPSA) is 76.5 Å². The molecule has 1 aromatic carbocycles. The molecule has 7 heteroatoms. The predicted molar refractivity (Wildman–Crippen MR) is 75.3 cm³/mol. The minimum Gasteiger partial charge on any atom is -0.468 e. The normalized spacial score (nSPS) is 15.5. The van der Waals surface area contributed by atoms with Crippen molar-refractivity contribution in [1.82, 2.24) is 4.31 Å². The average Bonchev–Trinajstić information content (AvgIpc) is 3.14. The number of hydrogen-bond acceptors (Lipinski definition) is 4. The molecule has 0 bridgehead atoms. The molecule has 5 nitrogen and oxygen atoms in total. The fourth-order valence-electron chi connectivity index (χ4n) is 2.19. The Labute approximate surface area is 122 Å². The molecule has 21 heavy (non-hydrogen) atoms. The summed E-state index contributed by atoms with van der Waals surface area (Å²) in [5, 5.41) is 0. The summed E-state index contributed by atoms with van der Waals surface area (Å²) in [5.41, 5.74) is 5.75. The maximum Gasteiger partial charge on any atom is 0.245 e. The molecule has 1 saturated carbocycles. The maximum absolute atomic E-state index is 13.4. The average molecular weight is 310 g/mol. The van der Waals surface area contributed by atoms with Gasteiger partial charge in [-0.1, -0.05) is 0 Å². The first kappa shape index (κ1) is 14.1. The summed E-state index contributed by atoms with van der Waals surface area (Å²) < 4.78 is 45.4. The van der Waals surface area contributed by atoms with Crippen molar-refractivity contribution in [3.05, 3.63) is 48.2 Å². The van der Waals surface area contributed by atoms with E-state index >= 15 is 0 Å². The van der Waals surface area contributed by atoms with E-state index in [1.807, 2.05) is 0 Å². The number of sulfonamides is 1. The first-order chi connectivity index (χ1) is 9.98. The molecule has 1 aromatic heterocycles. The molecule has 0 amide bonds. The number of nitrogens with two attached hydrogens (primary N) is 1. The molecule has 1 aliphatic carbocycles. The summed E-state index contributed by atoms with van der Waals surface area (Å²) in [4.78, 5) is -0.194. The van der Waals surface area contributed by atoms with Crippen molar-refractivity contribution in [3.8, 4) is 0 Å². The van der Waals surface area contributed by atoms with E-state index in [0.717, 1.165) is 25.0 Å². The smallest absolute Gasteiger partial charge is 0.245 e. The van der Waals surface area contributed by atoms with Crippen molar-refractivity contribution in [2.45, 2.75) is 30.3 Å². The fraction of sp³-hybridized carbons (Fsp3) is 0.286. The molecular formula is C14H15FN2O3S. The second-order valence-corrected chi connectivity index (χ2v) is 6.90. The van der Waals surface area contributed by atoms with Gasteiger partial charge in [-0.05, 0) is 43.2 Å². The zero-order valence-electron chi connectivity index (χ0n) is 11.2. The molecule has 2 N–H and O–H groups in total. The van der Waals surface area contributed by atoms with Crippen LogP contribution in [-0.2, 0) is 16.6 Å². The van der Waals surface area contributed by atoms with Gasteiger partial charge in [0.25, 0.3) is 0 Å². The quantitative estimate of drug-likeness (QED) is 0.860. The number of furan rings is 1. The third-order valence-corrected chi connectivity index (χ3v) is 5.36. The second kappa shape index (κ2) is 5.16. The van der Waals surface area contributed by atoms with Crippen LogP contribution in [0.1, 0.15) is 18.6 Å². The van der Waals surface area contributed by atoms with Crippen LogP contribution in [0.15, 0.2) is 45.9 Å². The number of nitrogens with zero attached hydrogens (tertiary/aromatic N) is 1. The van der Waals surface area contributed by atoms with E-state index < -0.39 is 15.8 Å². The van der Waals surface area contributed by atoms with E-state index in [1.54, 1.807) is 12.1 Å². The second-order valence-electron chi connectivity index (χ2n) is 5.04. The molecule has 0 aliphatic heterocycles. The highest BCUT2D eigenvalue weighted by Crippen LogP contribution is 2.35. The fourth-order valence-corrected chi connectivity index (χ4v) is 3.97. The minimum absolute atomic E-state index is 0.0431. The molecule has 2 aromatic rings. The highest BCUT2D eigenvalue weighted by molar-refractivity contribution is 7.89. The van der Waals surface area contributed by atoms with Gasteiger partial charge in [0.2, 0.25) is 10.0 Å². The van der Waals surface area contributed by atoms with Gasteiger partial charge in [0.05, 0.1) is 18.5 Å². The Morgan fingerprint density at radius 2 is 2.10 bits per heavy atom. The first-order valence-electron chi connectivity index (χ1n) is 6.58. The monoisotopic (exact) mass is 310 g/mol. The lowest BCUT2D eigenvalue weighted by atomic mass is 10.3. The lowest BCUT2D eigenvalue weighted by Crippen LogP contribution is -2.33. The molecular weight excluding hydrogens is 295 g/mol. The van der Waals surface area contributed by atoms with Gasteiger partial charge in [-0.15, -0.1) is 0 Å². The van der Waals surface area contributed by atoms with Gasteiger partial charge in [0.1, 0.15) is 16.5 Å². The molecule has 0 saturated heterocycles. The molecule has 0 radical (unpaired) electrons. The third-order valence-electron chi connectivity index (χ3n) is 3.41. The van der Waals surface area contributed by atoms with Gasteiger partial charge < -0.3 is 10.2 Å². The maximum atomic E-state index is 13.4. The van der Waals surface area contributed by atoms with Crippen molar-refractivity contribution in [3.63, 3.8) is 0 Å². The number of hydrogen-bond donors (Lipinski definition) is 1. The van der Waals surface area contributed by atoms with E-state index in [4.69, 9.17) is 10.2 Å². The molecule has 1 aliphatic rings. The van der Waals surface area contributed by atoms with Crippen molar-refractivity contribution < 1.29 is 17.2 Å².